The van der Waals surface area contributed by atoms with E-state index in [0.717, 1.165) is 12.4 Å². The highest BCUT2D eigenvalue weighted by Gasteiger charge is 2.12. The van der Waals surface area contributed by atoms with Gasteiger partial charge >= 0.3 is 0 Å². The molecule has 0 aliphatic carbocycles. The molecule has 0 bridgehead atoms. The van der Waals surface area contributed by atoms with Crippen molar-refractivity contribution < 1.29 is 0 Å². The summed E-state index contributed by atoms with van der Waals surface area (Å²) in [5.41, 5.74) is 1.21. The van der Waals surface area contributed by atoms with Crippen LogP contribution in [0.5, 0.6) is 0 Å². The summed E-state index contributed by atoms with van der Waals surface area (Å²) in [5, 5.41) is 11.4. The van der Waals surface area contributed by atoms with E-state index in [4.69, 9.17) is 0 Å². The number of tetrazole rings is 1. The maximum absolute atomic E-state index is 4.32. The second-order valence-electron chi connectivity index (χ2n) is 3.99. The second-order valence-corrected chi connectivity index (χ2v) is 3.99. The van der Waals surface area contributed by atoms with Gasteiger partial charge in [0.2, 0.25) is 5.82 Å². The van der Waals surface area contributed by atoms with Gasteiger partial charge in [-0.05, 0) is 16.0 Å². The van der Waals surface area contributed by atoms with Crippen LogP contribution in [-0.4, -0.2) is 29.8 Å². The van der Waals surface area contributed by atoms with Crippen LogP contribution in [0.1, 0.15) is 5.56 Å². The van der Waals surface area contributed by atoms with E-state index in [2.05, 4.69) is 32.6 Å². The van der Waals surface area contributed by atoms with Crippen molar-refractivity contribution in [1.82, 2.24) is 29.8 Å². The number of aryl methyl sites for hydroxylation is 1. The maximum Gasteiger partial charge on any atom is 0.217 e. The van der Waals surface area contributed by atoms with E-state index < -0.39 is 0 Å². The highest BCUT2D eigenvalue weighted by Crippen LogP contribution is 2.14. The van der Waals surface area contributed by atoms with E-state index in [9.17, 15) is 0 Å². The first-order valence-corrected chi connectivity index (χ1v) is 5.62. The first kappa shape index (κ1) is 10.6. The molecule has 2 heterocycles. The molecule has 6 heteroatoms. The fraction of sp³-hybridized carbons (Fsp3) is 0.167. The van der Waals surface area contributed by atoms with Crippen molar-refractivity contribution in [1.29, 1.82) is 0 Å². The fourth-order valence-electron chi connectivity index (χ4n) is 1.84. The van der Waals surface area contributed by atoms with Crippen LogP contribution in [-0.2, 0) is 13.6 Å². The van der Waals surface area contributed by atoms with Crippen LogP contribution in [0.25, 0.3) is 11.6 Å². The Balaban J connectivity index is 1.96. The molecule has 2 aromatic heterocycles. The summed E-state index contributed by atoms with van der Waals surface area (Å²) in [6, 6.07) is 10.2. The number of benzene rings is 1. The summed E-state index contributed by atoms with van der Waals surface area (Å²) < 4.78 is 3.64. The second kappa shape index (κ2) is 4.40. The molecular formula is C12H12N6. The Morgan fingerprint density at radius 1 is 1.11 bits per heavy atom. The fourth-order valence-corrected chi connectivity index (χ4v) is 1.84. The number of hydrogen-bond donors (Lipinski definition) is 0. The molecular weight excluding hydrogens is 228 g/mol. The van der Waals surface area contributed by atoms with Gasteiger partial charge in [0.25, 0.3) is 0 Å². The van der Waals surface area contributed by atoms with Gasteiger partial charge in [0, 0.05) is 26.0 Å². The minimum absolute atomic E-state index is 0.663. The quantitative estimate of drug-likeness (QED) is 0.688. The molecule has 0 aliphatic rings. The zero-order valence-electron chi connectivity index (χ0n) is 9.93. The Bertz CT molecular complexity index is 639. The van der Waals surface area contributed by atoms with E-state index in [-0.39, 0.29) is 0 Å². The van der Waals surface area contributed by atoms with Crippen LogP contribution >= 0.6 is 0 Å². The largest absolute Gasteiger partial charge is 0.324 e. The van der Waals surface area contributed by atoms with Crippen LogP contribution in [0.3, 0.4) is 0 Å². The van der Waals surface area contributed by atoms with Gasteiger partial charge in [0.1, 0.15) is 0 Å². The van der Waals surface area contributed by atoms with Gasteiger partial charge in [-0.3, -0.25) is 0 Å². The van der Waals surface area contributed by atoms with Crippen molar-refractivity contribution in [3.63, 3.8) is 0 Å². The van der Waals surface area contributed by atoms with Crippen molar-refractivity contribution in [3.05, 3.63) is 48.3 Å². The molecule has 0 saturated carbocycles. The van der Waals surface area contributed by atoms with Crippen LogP contribution < -0.4 is 0 Å². The van der Waals surface area contributed by atoms with Gasteiger partial charge in [-0.2, -0.15) is 0 Å². The summed E-state index contributed by atoms with van der Waals surface area (Å²) in [7, 11) is 1.80. The highest BCUT2D eigenvalue weighted by molar-refractivity contribution is 5.43. The lowest BCUT2D eigenvalue weighted by Gasteiger charge is -2.06. The van der Waals surface area contributed by atoms with Gasteiger partial charge in [-0.15, -0.1) is 5.10 Å². The molecule has 0 aliphatic heterocycles. The highest BCUT2D eigenvalue weighted by atomic mass is 15.5. The van der Waals surface area contributed by atoms with Crippen LogP contribution in [0, 0.1) is 0 Å². The molecule has 3 rings (SSSR count). The Hall–Kier alpha value is -2.50. The molecule has 1 aromatic carbocycles. The standard InChI is InChI=1S/C12H12N6/c1-17-12(14-15-16-17)11-13-7-8-18(11)9-10-5-3-2-4-6-10/h2-8H,9H2,1H3. The van der Waals surface area contributed by atoms with Crippen LogP contribution in [0.4, 0.5) is 0 Å². The average Bonchev–Trinajstić information content (AvgIpc) is 2.99. The van der Waals surface area contributed by atoms with Crippen molar-refractivity contribution >= 4 is 0 Å². The van der Waals surface area contributed by atoms with Crippen molar-refractivity contribution in [3.8, 4) is 11.6 Å². The van der Waals surface area contributed by atoms with E-state index >= 15 is 0 Å². The number of nitrogens with zero attached hydrogens (tertiary/aromatic N) is 6. The lowest BCUT2D eigenvalue weighted by atomic mass is 10.2. The topological polar surface area (TPSA) is 61.4 Å². The van der Waals surface area contributed by atoms with Crippen molar-refractivity contribution in [2.75, 3.05) is 0 Å². The molecule has 18 heavy (non-hydrogen) atoms. The molecule has 0 unspecified atom stereocenters. The van der Waals surface area contributed by atoms with Gasteiger partial charge in [0.15, 0.2) is 5.82 Å². The molecule has 3 aromatic rings. The predicted octanol–water partition coefficient (Wildman–Crippen LogP) is 1.12. The number of aromatic nitrogens is 6. The van der Waals surface area contributed by atoms with Crippen molar-refractivity contribution in [2.24, 2.45) is 7.05 Å². The number of imidazole rings is 1. The first-order chi connectivity index (χ1) is 8.84. The Kier molecular flexibility index (Phi) is 2.60. The summed E-state index contributed by atoms with van der Waals surface area (Å²) in [6.07, 6.45) is 3.68. The molecule has 0 amide bonds. The molecule has 0 atom stereocenters. The number of hydrogen-bond acceptors (Lipinski definition) is 4. The molecule has 6 nitrogen and oxygen atoms in total. The third-order valence-corrected chi connectivity index (χ3v) is 2.73. The average molecular weight is 240 g/mol. The van der Waals surface area contributed by atoms with Gasteiger partial charge in [0.05, 0.1) is 0 Å². The SMILES string of the molecule is Cn1nnnc1-c1nccn1Cc1ccccc1. The maximum atomic E-state index is 4.32. The Morgan fingerprint density at radius 3 is 2.67 bits per heavy atom. The summed E-state index contributed by atoms with van der Waals surface area (Å²) >= 11 is 0. The van der Waals surface area contributed by atoms with Gasteiger partial charge < -0.3 is 4.57 Å². The molecule has 0 fully saturated rings. The lowest BCUT2D eigenvalue weighted by Crippen LogP contribution is -2.04. The smallest absolute Gasteiger partial charge is 0.217 e. The molecule has 0 radical (unpaired) electrons. The Morgan fingerprint density at radius 2 is 1.94 bits per heavy atom. The zero-order chi connectivity index (χ0) is 12.4. The molecule has 90 valence electrons. The van der Waals surface area contributed by atoms with Crippen LogP contribution in [0.2, 0.25) is 0 Å². The normalized spacial score (nSPS) is 10.7. The summed E-state index contributed by atoms with van der Waals surface area (Å²) in [6.45, 7) is 0.753. The third-order valence-electron chi connectivity index (χ3n) is 2.73. The lowest BCUT2D eigenvalue weighted by molar-refractivity contribution is 0.706. The van der Waals surface area contributed by atoms with Gasteiger partial charge in [-0.25, -0.2) is 9.67 Å². The predicted molar refractivity (Wildman–Crippen MR) is 65.6 cm³/mol. The van der Waals surface area contributed by atoms with Gasteiger partial charge in [-0.1, -0.05) is 30.3 Å². The molecule has 0 spiro atoms. The van der Waals surface area contributed by atoms with E-state index in [1.807, 2.05) is 29.0 Å². The summed E-state index contributed by atoms with van der Waals surface area (Å²) in [5.74, 6) is 1.43. The van der Waals surface area contributed by atoms with E-state index in [1.54, 1.807) is 17.9 Å². The van der Waals surface area contributed by atoms with E-state index in [0.29, 0.717) is 5.82 Å². The first-order valence-electron chi connectivity index (χ1n) is 5.62. The minimum atomic E-state index is 0.663. The monoisotopic (exact) mass is 240 g/mol. The Labute approximate surface area is 104 Å². The molecule has 0 saturated heterocycles. The summed E-state index contributed by atoms with van der Waals surface area (Å²) in [4.78, 5) is 4.32. The molecule has 0 N–H and O–H groups in total. The van der Waals surface area contributed by atoms with E-state index in [1.165, 1.54) is 5.56 Å². The van der Waals surface area contributed by atoms with Crippen molar-refractivity contribution in [2.45, 2.75) is 6.54 Å². The third kappa shape index (κ3) is 1.88. The minimum Gasteiger partial charge on any atom is -0.324 e. The van der Waals surface area contributed by atoms with Crippen LogP contribution in [0.15, 0.2) is 42.7 Å². The number of rotatable bonds is 3. The zero-order valence-corrected chi connectivity index (χ0v) is 9.93.